The molecule has 0 unspecified atom stereocenters. The first-order chi connectivity index (χ1) is 8.95. The monoisotopic (exact) mass is 360 g/mol. The number of hydrogen-bond donors (Lipinski definition) is 0. The minimum atomic E-state index is -0.421. The highest BCUT2D eigenvalue weighted by Crippen LogP contribution is 2.21. The van der Waals surface area contributed by atoms with Gasteiger partial charge in [0.05, 0.1) is 0 Å². The summed E-state index contributed by atoms with van der Waals surface area (Å²) in [4.78, 5) is 12.1. The normalized spacial score (nSPS) is 10.5. The fourth-order valence-electron chi connectivity index (χ4n) is 1.65. The molecular weight excluding hydrogens is 354 g/mol. The fourth-order valence-corrected chi connectivity index (χ4v) is 2.51. The molecule has 0 fully saturated rings. The molecule has 0 N–H and O–H groups in total. The number of Topliss-reactive ketones (excluding diaryl/α,β-unsaturated/α-hetero) is 1. The van der Waals surface area contributed by atoms with Crippen molar-refractivity contribution in [3.8, 4) is 0 Å². The fraction of sp³-hybridized carbons (Fsp3) is 0.0714. The molecule has 0 spiro atoms. The molecule has 2 aromatic rings. The van der Waals surface area contributed by atoms with Crippen molar-refractivity contribution in [2.24, 2.45) is 0 Å². The van der Waals surface area contributed by atoms with E-state index in [0.29, 0.717) is 25.6 Å². The van der Waals surface area contributed by atoms with E-state index in [9.17, 15) is 9.18 Å². The Kier molecular flexibility index (Phi) is 4.61. The van der Waals surface area contributed by atoms with Gasteiger partial charge in [0, 0.05) is 26.5 Å². The average molecular weight is 362 g/mol. The van der Waals surface area contributed by atoms with Crippen LogP contribution in [0, 0.1) is 5.82 Å². The van der Waals surface area contributed by atoms with Gasteiger partial charge in [-0.3, -0.25) is 4.79 Å². The zero-order valence-electron chi connectivity index (χ0n) is 9.59. The Morgan fingerprint density at radius 3 is 2.32 bits per heavy atom. The first-order valence-corrected chi connectivity index (χ1v) is 6.94. The van der Waals surface area contributed by atoms with Crippen molar-refractivity contribution in [1.82, 2.24) is 0 Å². The number of benzene rings is 2. The van der Waals surface area contributed by atoms with Gasteiger partial charge in [-0.25, -0.2) is 4.39 Å². The number of halogens is 4. The highest BCUT2D eigenvalue weighted by Gasteiger charge is 2.12. The lowest BCUT2D eigenvalue weighted by Gasteiger charge is -2.05. The lowest BCUT2D eigenvalue weighted by Crippen LogP contribution is -2.05. The Hall–Kier alpha value is -0.900. The van der Waals surface area contributed by atoms with Crippen LogP contribution >= 0.6 is 39.1 Å². The topological polar surface area (TPSA) is 17.1 Å². The van der Waals surface area contributed by atoms with E-state index < -0.39 is 5.82 Å². The third kappa shape index (κ3) is 3.78. The van der Waals surface area contributed by atoms with E-state index in [4.69, 9.17) is 23.2 Å². The molecule has 0 heterocycles. The zero-order chi connectivity index (χ0) is 14.0. The molecule has 1 nitrogen and oxygen atoms in total. The van der Waals surface area contributed by atoms with Crippen molar-refractivity contribution in [3.05, 3.63) is 67.9 Å². The maximum Gasteiger partial charge on any atom is 0.167 e. The Labute approximate surface area is 128 Å². The number of carbonyl (C=O) groups is 1. The van der Waals surface area contributed by atoms with Crippen molar-refractivity contribution >= 4 is 44.9 Å². The van der Waals surface area contributed by atoms with Gasteiger partial charge in [-0.05, 0) is 35.9 Å². The second kappa shape index (κ2) is 6.04. The predicted octanol–water partition coefficient (Wildman–Crippen LogP) is 5.32. The third-order valence-electron chi connectivity index (χ3n) is 2.55. The summed E-state index contributed by atoms with van der Waals surface area (Å²) in [5.41, 5.74) is 0.712. The molecule has 0 aliphatic rings. The number of carbonyl (C=O) groups excluding carboxylic acids is 1. The lowest BCUT2D eigenvalue weighted by molar-refractivity contribution is 0.0992. The molecule has 98 valence electrons. The number of hydrogen-bond acceptors (Lipinski definition) is 1. The summed E-state index contributed by atoms with van der Waals surface area (Å²) in [6.07, 6.45) is -0.0320. The molecular formula is C14H8BrCl2FO. The first kappa shape index (κ1) is 14.5. The molecule has 0 saturated heterocycles. The van der Waals surface area contributed by atoms with E-state index in [1.807, 2.05) is 0 Å². The van der Waals surface area contributed by atoms with Crippen LogP contribution in [0.2, 0.25) is 10.0 Å². The summed E-state index contributed by atoms with van der Waals surface area (Å²) in [5.74, 6) is -0.651. The second-order valence-corrected chi connectivity index (χ2v) is 5.78. The Morgan fingerprint density at radius 1 is 1.11 bits per heavy atom. The van der Waals surface area contributed by atoms with Gasteiger partial charge in [-0.15, -0.1) is 0 Å². The minimum absolute atomic E-state index is 0.0320. The van der Waals surface area contributed by atoms with Gasteiger partial charge >= 0.3 is 0 Å². The summed E-state index contributed by atoms with van der Waals surface area (Å²) < 4.78 is 14.3. The smallest absolute Gasteiger partial charge is 0.167 e. The molecule has 0 radical (unpaired) electrons. The standard InChI is InChI=1S/C14H8BrCl2FO/c15-10-2-1-8(13(18)6-10)5-14(19)9-3-11(16)7-12(17)4-9/h1-4,6-7H,5H2. The third-order valence-corrected chi connectivity index (χ3v) is 3.48. The van der Waals surface area contributed by atoms with Crippen LogP contribution in [0.25, 0.3) is 0 Å². The van der Waals surface area contributed by atoms with Gasteiger partial charge in [-0.2, -0.15) is 0 Å². The highest BCUT2D eigenvalue weighted by atomic mass is 79.9. The molecule has 0 aromatic heterocycles. The van der Waals surface area contributed by atoms with Gasteiger partial charge in [-0.1, -0.05) is 45.2 Å². The predicted molar refractivity (Wildman–Crippen MR) is 78.6 cm³/mol. The van der Waals surface area contributed by atoms with Crippen molar-refractivity contribution < 1.29 is 9.18 Å². The Balaban J connectivity index is 2.25. The van der Waals surface area contributed by atoms with Gasteiger partial charge in [0.25, 0.3) is 0 Å². The second-order valence-electron chi connectivity index (χ2n) is 3.99. The molecule has 0 atom stereocenters. The summed E-state index contributed by atoms with van der Waals surface area (Å²) in [5, 5.41) is 0.763. The van der Waals surface area contributed by atoms with E-state index in [2.05, 4.69) is 15.9 Å². The van der Waals surface area contributed by atoms with Crippen LogP contribution in [0.1, 0.15) is 15.9 Å². The van der Waals surface area contributed by atoms with Crippen molar-refractivity contribution in [2.75, 3.05) is 0 Å². The summed E-state index contributed by atoms with van der Waals surface area (Å²) in [7, 11) is 0. The lowest BCUT2D eigenvalue weighted by atomic mass is 10.0. The molecule has 19 heavy (non-hydrogen) atoms. The molecule has 0 amide bonds. The molecule has 0 aliphatic carbocycles. The minimum Gasteiger partial charge on any atom is -0.294 e. The summed E-state index contributed by atoms with van der Waals surface area (Å²) in [6.45, 7) is 0. The molecule has 2 rings (SSSR count). The quantitative estimate of drug-likeness (QED) is 0.676. The molecule has 0 aliphatic heterocycles. The van der Waals surface area contributed by atoms with Crippen LogP contribution < -0.4 is 0 Å². The maximum atomic E-state index is 13.7. The Morgan fingerprint density at radius 2 is 1.74 bits per heavy atom. The van der Waals surface area contributed by atoms with Crippen LogP contribution in [-0.4, -0.2) is 5.78 Å². The summed E-state index contributed by atoms with van der Waals surface area (Å²) in [6, 6.07) is 9.17. The molecule has 2 aromatic carbocycles. The van der Waals surface area contributed by atoms with Gasteiger partial charge < -0.3 is 0 Å². The van der Waals surface area contributed by atoms with E-state index >= 15 is 0 Å². The number of ketones is 1. The highest BCUT2D eigenvalue weighted by molar-refractivity contribution is 9.10. The Bertz CT molecular complexity index is 623. The van der Waals surface area contributed by atoms with E-state index in [1.165, 1.54) is 18.2 Å². The van der Waals surface area contributed by atoms with Crippen molar-refractivity contribution in [3.63, 3.8) is 0 Å². The maximum absolute atomic E-state index is 13.7. The van der Waals surface area contributed by atoms with E-state index in [-0.39, 0.29) is 12.2 Å². The van der Waals surface area contributed by atoms with Crippen molar-refractivity contribution in [1.29, 1.82) is 0 Å². The molecule has 0 saturated carbocycles. The average Bonchev–Trinajstić information content (AvgIpc) is 2.31. The summed E-state index contributed by atoms with van der Waals surface area (Å²) >= 11 is 14.8. The van der Waals surface area contributed by atoms with Crippen molar-refractivity contribution in [2.45, 2.75) is 6.42 Å². The van der Waals surface area contributed by atoms with Gasteiger partial charge in [0.15, 0.2) is 5.78 Å². The number of rotatable bonds is 3. The van der Waals surface area contributed by atoms with Crippen LogP contribution in [0.3, 0.4) is 0 Å². The largest absolute Gasteiger partial charge is 0.294 e. The molecule has 5 heteroatoms. The van der Waals surface area contributed by atoms with Crippen LogP contribution in [0.5, 0.6) is 0 Å². The zero-order valence-corrected chi connectivity index (χ0v) is 12.7. The molecule has 0 bridgehead atoms. The van der Waals surface area contributed by atoms with E-state index in [0.717, 1.165) is 0 Å². The van der Waals surface area contributed by atoms with Crippen LogP contribution in [0.4, 0.5) is 4.39 Å². The van der Waals surface area contributed by atoms with Crippen LogP contribution in [-0.2, 0) is 6.42 Å². The van der Waals surface area contributed by atoms with Gasteiger partial charge in [0.1, 0.15) is 5.82 Å². The van der Waals surface area contributed by atoms with Crippen LogP contribution in [0.15, 0.2) is 40.9 Å². The first-order valence-electron chi connectivity index (χ1n) is 5.39. The van der Waals surface area contributed by atoms with Gasteiger partial charge in [0.2, 0.25) is 0 Å². The SMILES string of the molecule is O=C(Cc1ccc(Br)cc1F)c1cc(Cl)cc(Cl)c1. The van der Waals surface area contributed by atoms with E-state index in [1.54, 1.807) is 18.2 Å².